The molecule has 3 heterocycles. The van der Waals surface area contributed by atoms with Crippen LogP contribution in [0.15, 0.2) is 35.5 Å². The molecule has 1 fully saturated rings. The lowest BCUT2D eigenvalue weighted by atomic mass is 9.92. The summed E-state index contributed by atoms with van der Waals surface area (Å²) in [6.45, 7) is 7.15. The summed E-state index contributed by atoms with van der Waals surface area (Å²) in [5, 5.41) is 6.15. The van der Waals surface area contributed by atoms with Crippen LogP contribution in [0.25, 0.3) is 0 Å². The van der Waals surface area contributed by atoms with Crippen LogP contribution in [0.2, 0.25) is 5.15 Å². The molecule has 2 atom stereocenters. The first-order valence-corrected chi connectivity index (χ1v) is 12.0. The number of nitrogens with one attached hydrogen (secondary N) is 2. The van der Waals surface area contributed by atoms with E-state index >= 15 is 0 Å². The smallest absolute Gasteiger partial charge is 0.264 e. The zero-order valence-corrected chi connectivity index (χ0v) is 20.3. The second-order valence-corrected chi connectivity index (χ2v) is 9.84. The number of anilines is 1. The van der Waals surface area contributed by atoms with Gasteiger partial charge in [0, 0.05) is 19.4 Å². The molecule has 2 aromatic rings. The molecule has 2 unspecified atom stereocenters. The summed E-state index contributed by atoms with van der Waals surface area (Å²) in [7, 11) is 1.84. The zero-order chi connectivity index (χ0) is 22.8. The van der Waals surface area contributed by atoms with E-state index in [1.807, 2.05) is 32.4 Å². The highest BCUT2D eigenvalue weighted by Gasteiger charge is 2.34. The van der Waals surface area contributed by atoms with Crippen molar-refractivity contribution in [2.24, 2.45) is 24.8 Å². The predicted molar refractivity (Wildman–Crippen MR) is 126 cm³/mol. The number of carbonyl (C=O) groups excluding carboxylic acids is 1. The first-order valence-electron chi connectivity index (χ1n) is 10.8. The Labute approximate surface area is 197 Å². The zero-order valence-electron chi connectivity index (χ0n) is 18.7. The first kappa shape index (κ1) is 23.1. The van der Waals surface area contributed by atoms with Gasteiger partial charge in [-0.1, -0.05) is 25.4 Å². The molecule has 4 rings (SSSR count). The van der Waals surface area contributed by atoms with Crippen LogP contribution >= 0.6 is 23.5 Å². The van der Waals surface area contributed by atoms with E-state index in [0.29, 0.717) is 23.2 Å². The molecule has 2 aromatic heterocycles. The van der Waals surface area contributed by atoms with Crippen molar-refractivity contribution in [1.29, 1.82) is 0 Å². The van der Waals surface area contributed by atoms with Crippen molar-refractivity contribution in [1.82, 2.24) is 24.9 Å². The molecular formula is C22H29ClN6O2S. The van der Waals surface area contributed by atoms with Crippen LogP contribution in [0.5, 0.6) is 0 Å². The Balaban J connectivity index is 1.31. The van der Waals surface area contributed by atoms with E-state index in [2.05, 4.69) is 34.1 Å². The van der Waals surface area contributed by atoms with Crippen LogP contribution in [-0.2, 0) is 11.8 Å². The number of nitrogens with zero attached hydrogens (tertiary/aromatic N) is 4. The van der Waals surface area contributed by atoms with Crippen molar-refractivity contribution in [2.45, 2.75) is 44.7 Å². The third kappa shape index (κ3) is 5.46. The Kier molecular flexibility index (Phi) is 7.09. The summed E-state index contributed by atoms with van der Waals surface area (Å²) < 4.78 is 10.6. The maximum Gasteiger partial charge on any atom is 0.264 e. The topological polar surface area (TPSA) is 84.3 Å². The van der Waals surface area contributed by atoms with E-state index in [-0.39, 0.29) is 17.3 Å². The molecule has 1 aliphatic heterocycles. The number of rotatable bonds is 9. The molecule has 0 saturated heterocycles. The van der Waals surface area contributed by atoms with Gasteiger partial charge in [0.25, 0.3) is 5.91 Å². The highest BCUT2D eigenvalue weighted by Crippen LogP contribution is 2.40. The van der Waals surface area contributed by atoms with Crippen LogP contribution in [0.3, 0.4) is 0 Å². The molecule has 8 nitrogen and oxygen atoms in total. The molecule has 172 valence electrons. The van der Waals surface area contributed by atoms with Gasteiger partial charge in [-0.25, -0.2) is 4.98 Å². The lowest BCUT2D eigenvalue weighted by Crippen LogP contribution is -2.38. The Hall–Kier alpha value is -2.07. The molecule has 0 radical (unpaired) electrons. The molecular weight excluding hydrogens is 448 g/mol. The summed E-state index contributed by atoms with van der Waals surface area (Å²) in [5.74, 6) is 2.29. The molecule has 0 aromatic carbocycles. The van der Waals surface area contributed by atoms with E-state index in [1.54, 1.807) is 21.8 Å². The number of pyridine rings is 1. The number of amides is 1. The van der Waals surface area contributed by atoms with Crippen LogP contribution < -0.4 is 15.2 Å². The van der Waals surface area contributed by atoms with Gasteiger partial charge in [-0.05, 0) is 67.7 Å². The van der Waals surface area contributed by atoms with Gasteiger partial charge in [0.2, 0.25) is 0 Å². The number of aryl methyl sites for hydroxylation is 2. The summed E-state index contributed by atoms with van der Waals surface area (Å²) in [6, 6.07) is 3.42. The quantitative estimate of drug-likeness (QED) is 0.416. The minimum absolute atomic E-state index is 0.136. The number of hydrogen-bond donors (Lipinski definition) is 2. The van der Waals surface area contributed by atoms with Crippen molar-refractivity contribution in [3.63, 3.8) is 0 Å². The Morgan fingerprint density at radius 2 is 2.19 bits per heavy atom. The van der Waals surface area contributed by atoms with Crippen LogP contribution in [-0.4, -0.2) is 33.5 Å². The lowest BCUT2D eigenvalue weighted by Gasteiger charge is -2.24. The summed E-state index contributed by atoms with van der Waals surface area (Å²) in [5.41, 5.74) is 4.41. The standard InChI is InChI=1S/C22H29ClN6O2S/c1-13(2)17(15-5-6-15)12-31-20-9-10-29(26-20)19-8-7-16(21(23)24-19)22(30)27-32-18-11-28(4)25-14(18)3/h7-11,13,15,17,20,26H,5-6,12H2,1-4H3,(H,27,30). The molecule has 2 N–H and O–H groups in total. The van der Waals surface area contributed by atoms with E-state index in [1.165, 1.54) is 24.8 Å². The molecule has 0 spiro atoms. The van der Waals surface area contributed by atoms with Gasteiger partial charge in [-0.2, -0.15) is 10.5 Å². The van der Waals surface area contributed by atoms with E-state index < -0.39 is 0 Å². The largest absolute Gasteiger partial charge is 0.358 e. The van der Waals surface area contributed by atoms with Gasteiger partial charge in [-0.3, -0.25) is 19.2 Å². The van der Waals surface area contributed by atoms with Gasteiger partial charge in [0.05, 0.1) is 22.8 Å². The van der Waals surface area contributed by atoms with Crippen molar-refractivity contribution < 1.29 is 9.53 Å². The lowest BCUT2D eigenvalue weighted by molar-refractivity contribution is 0.0249. The van der Waals surface area contributed by atoms with Gasteiger partial charge in [0.15, 0.2) is 0 Å². The number of ether oxygens (including phenoxy) is 1. The minimum atomic E-state index is -0.312. The van der Waals surface area contributed by atoms with E-state index in [9.17, 15) is 4.79 Å². The third-order valence-corrected chi connectivity index (χ3v) is 6.97. The molecule has 2 aliphatic rings. The van der Waals surface area contributed by atoms with Gasteiger partial charge in [-0.15, -0.1) is 0 Å². The van der Waals surface area contributed by atoms with E-state index in [4.69, 9.17) is 16.3 Å². The second kappa shape index (κ2) is 9.82. The maximum absolute atomic E-state index is 12.6. The number of hydrogen-bond acceptors (Lipinski definition) is 7. The number of hydrazine groups is 1. The monoisotopic (exact) mass is 476 g/mol. The molecule has 32 heavy (non-hydrogen) atoms. The molecule has 1 saturated carbocycles. The SMILES string of the molecule is Cc1nn(C)cc1SNC(=O)c1ccc(N2C=CC(OCC(C(C)C)C3CC3)N2)nc1Cl. The minimum Gasteiger partial charge on any atom is -0.358 e. The average Bonchev–Trinajstić information content (AvgIpc) is 3.36. The fourth-order valence-electron chi connectivity index (χ4n) is 3.80. The Morgan fingerprint density at radius 1 is 1.41 bits per heavy atom. The van der Waals surface area contributed by atoms with Crippen LogP contribution in [0.4, 0.5) is 5.82 Å². The Bertz CT molecular complexity index is 1000. The number of aromatic nitrogens is 3. The molecule has 1 aliphatic carbocycles. The molecule has 0 bridgehead atoms. The summed E-state index contributed by atoms with van der Waals surface area (Å²) in [4.78, 5) is 17.8. The summed E-state index contributed by atoms with van der Waals surface area (Å²) >= 11 is 7.53. The average molecular weight is 477 g/mol. The highest BCUT2D eigenvalue weighted by molar-refractivity contribution is 7.98. The molecule has 10 heteroatoms. The maximum atomic E-state index is 12.6. The third-order valence-electron chi connectivity index (χ3n) is 5.78. The Morgan fingerprint density at radius 3 is 2.81 bits per heavy atom. The second-order valence-electron chi connectivity index (χ2n) is 8.63. The van der Waals surface area contributed by atoms with Gasteiger partial charge >= 0.3 is 0 Å². The van der Waals surface area contributed by atoms with Crippen LogP contribution in [0, 0.1) is 24.7 Å². The van der Waals surface area contributed by atoms with Crippen molar-refractivity contribution in [3.8, 4) is 0 Å². The predicted octanol–water partition coefficient (Wildman–Crippen LogP) is 4.08. The van der Waals surface area contributed by atoms with Gasteiger partial charge < -0.3 is 4.74 Å². The van der Waals surface area contributed by atoms with E-state index in [0.717, 1.165) is 23.1 Å². The number of halogens is 1. The summed E-state index contributed by atoms with van der Waals surface area (Å²) in [6.07, 6.45) is 8.09. The number of carbonyl (C=O) groups is 1. The first-order chi connectivity index (χ1) is 15.3. The van der Waals surface area contributed by atoms with Crippen molar-refractivity contribution >= 4 is 35.3 Å². The fraction of sp³-hybridized carbons (Fsp3) is 0.500. The normalized spacial score (nSPS) is 19.1. The van der Waals surface area contributed by atoms with Crippen molar-refractivity contribution in [2.75, 3.05) is 11.6 Å². The van der Waals surface area contributed by atoms with Crippen molar-refractivity contribution in [3.05, 3.63) is 47.0 Å². The highest BCUT2D eigenvalue weighted by atomic mass is 35.5. The van der Waals surface area contributed by atoms with Crippen LogP contribution in [0.1, 0.15) is 42.7 Å². The fourth-order valence-corrected chi connectivity index (χ4v) is 4.74. The van der Waals surface area contributed by atoms with Gasteiger partial charge in [0.1, 0.15) is 17.2 Å². The molecule has 1 amide bonds.